The maximum Gasteiger partial charge on any atom is 0.387 e. The zero-order chi connectivity index (χ0) is 18.4. The Hall–Kier alpha value is -2.54. The molecule has 0 radical (unpaired) electrons. The van der Waals surface area contributed by atoms with Gasteiger partial charge in [-0.2, -0.15) is 13.9 Å². The summed E-state index contributed by atoms with van der Waals surface area (Å²) >= 11 is 5.23. The Morgan fingerprint density at radius 1 is 1.12 bits per heavy atom. The molecule has 0 amide bonds. The van der Waals surface area contributed by atoms with Crippen LogP contribution < -0.4 is 15.5 Å². The molecule has 2 aromatic carbocycles. The number of hydrogen-bond acceptors (Lipinski definition) is 3. The minimum Gasteiger partial charge on any atom is -0.435 e. The number of ether oxygens (including phenoxy) is 1. The van der Waals surface area contributed by atoms with Crippen molar-refractivity contribution in [1.82, 2.24) is 5.43 Å². The molecule has 25 heavy (non-hydrogen) atoms. The predicted octanol–water partition coefficient (Wildman–Crippen LogP) is 4.62. The van der Waals surface area contributed by atoms with Crippen molar-refractivity contribution in [2.24, 2.45) is 5.10 Å². The molecule has 0 spiro atoms. The largest absolute Gasteiger partial charge is 0.435 e. The molecule has 0 unspecified atom stereocenters. The van der Waals surface area contributed by atoms with E-state index in [0.717, 1.165) is 16.8 Å². The van der Waals surface area contributed by atoms with Crippen molar-refractivity contribution in [2.75, 3.05) is 5.32 Å². The summed E-state index contributed by atoms with van der Waals surface area (Å²) in [6.45, 7) is 2.97. The van der Waals surface area contributed by atoms with E-state index in [1.165, 1.54) is 17.7 Å². The van der Waals surface area contributed by atoms with Crippen LogP contribution in [0.4, 0.5) is 14.5 Å². The first-order valence-electron chi connectivity index (χ1n) is 7.59. The van der Waals surface area contributed by atoms with E-state index in [4.69, 9.17) is 12.2 Å². The number of halogens is 2. The predicted molar refractivity (Wildman–Crippen MR) is 101 cm³/mol. The van der Waals surface area contributed by atoms with E-state index < -0.39 is 6.61 Å². The van der Waals surface area contributed by atoms with Crippen LogP contribution in [0.1, 0.15) is 23.6 Å². The van der Waals surface area contributed by atoms with Crippen LogP contribution in [0.5, 0.6) is 5.75 Å². The van der Waals surface area contributed by atoms with Gasteiger partial charge in [0, 0.05) is 5.69 Å². The van der Waals surface area contributed by atoms with Gasteiger partial charge in [0.2, 0.25) is 0 Å². The highest BCUT2D eigenvalue weighted by molar-refractivity contribution is 7.80. The Morgan fingerprint density at radius 3 is 2.40 bits per heavy atom. The molecule has 2 rings (SSSR count). The summed E-state index contributed by atoms with van der Waals surface area (Å²) in [4.78, 5) is 0. The van der Waals surface area contributed by atoms with Crippen molar-refractivity contribution >= 4 is 28.7 Å². The lowest BCUT2D eigenvalue weighted by Crippen LogP contribution is -2.25. The van der Waals surface area contributed by atoms with E-state index in [0.29, 0.717) is 10.8 Å². The van der Waals surface area contributed by atoms with Crippen LogP contribution in [0.3, 0.4) is 0 Å². The monoisotopic (exact) mass is 363 g/mol. The van der Waals surface area contributed by atoms with Crippen molar-refractivity contribution in [3.63, 3.8) is 0 Å². The van der Waals surface area contributed by atoms with Gasteiger partial charge in [-0.05, 0) is 74.4 Å². The maximum atomic E-state index is 12.1. The minimum absolute atomic E-state index is 0.103. The Kier molecular flexibility index (Phi) is 6.41. The second kappa shape index (κ2) is 8.53. The van der Waals surface area contributed by atoms with E-state index in [1.807, 2.05) is 26.0 Å². The molecular weight excluding hydrogens is 344 g/mol. The van der Waals surface area contributed by atoms with Gasteiger partial charge in [-0.3, -0.25) is 5.43 Å². The second-order valence-electron chi connectivity index (χ2n) is 5.48. The van der Waals surface area contributed by atoms with Crippen molar-refractivity contribution in [3.8, 4) is 5.75 Å². The van der Waals surface area contributed by atoms with E-state index >= 15 is 0 Å². The van der Waals surface area contributed by atoms with Crippen molar-refractivity contribution in [1.29, 1.82) is 0 Å². The lowest BCUT2D eigenvalue weighted by molar-refractivity contribution is -0.0498. The summed E-state index contributed by atoms with van der Waals surface area (Å²) in [5, 5.41) is 7.65. The van der Waals surface area contributed by atoms with Crippen LogP contribution in [0, 0.1) is 13.8 Å². The van der Waals surface area contributed by atoms with Gasteiger partial charge in [0.15, 0.2) is 5.11 Å². The van der Waals surface area contributed by atoms with E-state index in [2.05, 4.69) is 26.6 Å². The molecule has 0 fully saturated rings. The number of thiocarbonyl (C=S) groups is 1. The molecule has 132 valence electrons. The highest BCUT2D eigenvalue weighted by Crippen LogP contribution is 2.16. The van der Waals surface area contributed by atoms with Gasteiger partial charge in [-0.1, -0.05) is 17.7 Å². The third-order valence-electron chi connectivity index (χ3n) is 3.45. The molecule has 0 aliphatic heterocycles. The van der Waals surface area contributed by atoms with Gasteiger partial charge >= 0.3 is 6.61 Å². The summed E-state index contributed by atoms with van der Waals surface area (Å²) in [6.07, 6.45) is 0. The Balaban J connectivity index is 1.96. The van der Waals surface area contributed by atoms with Crippen molar-refractivity contribution < 1.29 is 13.5 Å². The van der Waals surface area contributed by atoms with Crippen molar-refractivity contribution in [2.45, 2.75) is 27.4 Å². The van der Waals surface area contributed by atoms with E-state index in [1.54, 1.807) is 19.1 Å². The number of nitrogens with one attached hydrogen (secondary N) is 2. The smallest absolute Gasteiger partial charge is 0.387 e. The fourth-order valence-electron chi connectivity index (χ4n) is 2.18. The number of anilines is 1. The standard InChI is InChI=1S/C18H19F2N3OS/c1-11-4-9-16(12(2)10-11)21-18(25)23-22-13(3)14-5-7-15(8-6-14)24-17(19)20/h4-10,17H,1-3H3,(H2,21,23,25)/b22-13-. The van der Waals surface area contributed by atoms with Gasteiger partial charge in [-0.15, -0.1) is 0 Å². The normalized spacial score (nSPS) is 11.4. The Bertz CT molecular complexity index is 776. The number of benzene rings is 2. The first-order chi connectivity index (χ1) is 11.8. The molecule has 0 heterocycles. The fraction of sp³-hybridized carbons (Fsp3) is 0.222. The third kappa shape index (κ3) is 5.79. The minimum atomic E-state index is -2.84. The third-order valence-corrected chi connectivity index (χ3v) is 3.65. The molecule has 2 N–H and O–H groups in total. The van der Waals surface area contributed by atoms with Crippen LogP contribution >= 0.6 is 12.2 Å². The lowest BCUT2D eigenvalue weighted by Gasteiger charge is -2.11. The highest BCUT2D eigenvalue weighted by Gasteiger charge is 2.05. The molecule has 0 saturated heterocycles. The van der Waals surface area contributed by atoms with Gasteiger partial charge in [0.1, 0.15) is 5.75 Å². The fourth-order valence-corrected chi connectivity index (χ4v) is 2.34. The van der Waals surface area contributed by atoms with Gasteiger partial charge in [0.05, 0.1) is 5.71 Å². The molecule has 0 bridgehead atoms. The zero-order valence-corrected chi connectivity index (χ0v) is 15.0. The summed E-state index contributed by atoms with van der Waals surface area (Å²) in [5.41, 5.74) is 7.37. The summed E-state index contributed by atoms with van der Waals surface area (Å²) in [6, 6.07) is 12.2. The van der Waals surface area contributed by atoms with Crippen LogP contribution in [-0.2, 0) is 0 Å². The summed E-state index contributed by atoms with van der Waals surface area (Å²) in [7, 11) is 0. The zero-order valence-electron chi connectivity index (χ0n) is 14.1. The van der Waals surface area contributed by atoms with Crippen molar-refractivity contribution in [3.05, 3.63) is 59.2 Å². The van der Waals surface area contributed by atoms with Crippen LogP contribution in [0.15, 0.2) is 47.6 Å². The summed E-state index contributed by atoms with van der Waals surface area (Å²) in [5.74, 6) is 0.103. The molecule has 2 aromatic rings. The number of aryl methyl sites for hydroxylation is 2. The molecule has 0 aliphatic carbocycles. The highest BCUT2D eigenvalue weighted by atomic mass is 32.1. The average molecular weight is 363 g/mol. The van der Waals surface area contributed by atoms with Crippen LogP contribution in [-0.4, -0.2) is 17.4 Å². The summed E-state index contributed by atoms with van der Waals surface area (Å²) < 4.78 is 28.6. The maximum absolute atomic E-state index is 12.1. The Labute approximate surface area is 150 Å². The molecule has 0 atom stereocenters. The number of nitrogens with zero attached hydrogens (tertiary/aromatic N) is 1. The molecular formula is C18H19F2N3OS. The van der Waals surface area contributed by atoms with Crippen LogP contribution in [0.25, 0.3) is 0 Å². The number of hydrogen-bond donors (Lipinski definition) is 2. The molecule has 0 aromatic heterocycles. The molecule has 0 aliphatic rings. The van der Waals surface area contributed by atoms with Crippen LogP contribution in [0.2, 0.25) is 0 Å². The lowest BCUT2D eigenvalue weighted by atomic mass is 10.1. The number of rotatable bonds is 5. The topological polar surface area (TPSA) is 45.7 Å². The Morgan fingerprint density at radius 2 is 1.80 bits per heavy atom. The molecule has 7 heteroatoms. The van der Waals surface area contributed by atoms with Gasteiger partial charge in [0.25, 0.3) is 0 Å². The van der Waals surface area contributed by atoms with E-state index in [-0.39, 0.29) is 5.75 Å². The average Bonchev–Trinajstić information content (AvgIpc) is 2.55. The quantitative estimate of drug-likeness (QED) is 0.462. The molecule has 4 nitrogen and oxygen atoms in total. The van der Waals surface area contributed by atoms with E-state index in [9.17, 15) is 8.78 Å². The first kappa shape index (κ1) is 18.8. The van der Waals surface area contributed by atoms with Gasteiger partial charge in [-0.25, -0.2) is 0 Å². The SMILES string of the molecule is C/C(=N/NC(=S)Nc1ccc(C)cc1C)c1ccc(OC(F)F)cc1. The number of alkyl halides is 2. The number of hydrazone groups is 1. The molecule has 0 saturated carbocycles. The van der Waals surface area contributed by atoms with Gasteiger partial charge < -0.3 is 10.1 Å². The second-order valence-corrected chi connectivity index (χ2v) is 5.89. The first-order valence-corrected chi connectivity index (χ1v) is 8.00.